The van der Waals surface area contributed by atoms with Gasteiger partial charge in [0.15, 0.2) is 5.65 Å². The first-order chi connectivity index (χ1) is 9.93. The standard InChI is InChI=1S/C18H19N3/c1-18(2,3)14-8-4-12(5-9-14)15-10-6-13-7-11-16(19)21-17(13)20-15/h4-11H,1-3H3,(H2,19,20,21). The SMILES string of the molecule is CC(C)(C)c1ccc(-c2ccc3ccc(N)nc3n2)cc1. The molecular weight excluding hydrogens is 258 g/mol. The number of anilines is 1. The van der Waals surface area contributed by atoms with Gasteiger partial charge in [-0.1, -0.05) is 45.0 Å². The fraction of sp³-hybridized carbons (Fsp3) is 0.222. The van der Waals surface area contributed by atoms with Crippen LogP contribution in [-0.4, -0.2) is 9.97 Å². The molecule has 21 heavy (non-hydrogen) atoms. The topological polar surface area (TPSA) is 51.8 Å². The van der Waals surface area contributed by atoms with E-state index in [-0.39, 0.29) is 5.41 Å². The molecule has 0 bridgehead atoms. The average Bonchev–Trinajstić information content (AvgIpc) is 2.45. The maximum atomic E-state index is 5.73. The molecule has 0 aliphatic carbocycles. The lowest BCUT2D eigenvalue weighted by Gasteiger charge is -2.19. The summed E-state index contributed by atoms with van der Waals surface area (Å²) in [5.41, 5.74) is 9.90. The van der Waals surface area contributed by atoms with Crippen LogP contribution in [-0.2, 0) is 5.41 Å². The Balaban J connectivity index is 2.04. The molecule has 0 saturated heterocycles. The van der Waals surface area contributed by atoms with Crippen LogP contribution in [0, 0.1) is 0 Å². The molecule has 3 rings (SSSR count). The Morgan fingerprint density at radius 1 is 0.810 bits per heavy atom. The molecule has 0 saturated carbocycles. The summed E-state index contributed by atoms with van der Waals surface area (Å²) in [6.45, 7) is 6.63. The summed E-state index contributed by atoms with van der Waals surface area (Å²) in [4.78, 5) is 8.89. The Kier molecular flexibility index (Phi) is 3.13. The largest absolute Gasteiger partial charge is 0.384 e. The third-order valence-corrected chi connectivity index (χ3v) is 3.62. The normalized spacial score (nSPS) is 11.8. The summed E-state index contributed by atoms with van der Waals surface area (Å²) >= 11 is 0. The Hall–Kier alpha value is -2.42. The van der Waals surface area contributed by atoms with E-state index in [9.17, 15) is 0 Å². The van der Waals surface area contributed by atoms with Gasteiger partial charge in [-0.2, -0.15) is 0 Å². The van der Waals surface area contributed by atoms with Crippen molar-refractivity contribution in [2.24, 2.45) is 0 Å². The van der Waals surface area contributed by atoms with Gasteiger partial charge in [-0.05, 0) is 35.2 Å². The van der Waals surface area contributed by atoms with Gasteiger partial charge in [0.1, 0.15) is 5.82 Å². The summed E-state index contributed by atoms with van der Waals surface area (Å²) < 4.78 is 0. The van der Waals surface area contributed by atoms with E-state index >= 15 is 0 Å². The lowest BCUT2D eigenvalue weighted by Crippen LogP contribution is -2.10. The van der Waals surface area contributed by atoms with Gasteiger partial charge in [0.2, 0.25) is 0 Å². The molecular formula is C18H19N3. The number of hydrogen-bond acceptors (Lipinski definition) is 3. The first kappa shape index (κ1) is 13.6. The third-order valence-electron chi connectivity index (χ3n) is 3.62. The van der Waals surface area contributed by atoms with Gasteiger partial charge in [-0.25, -0.2) is 9.97 Å². The van der Waals surface area contributed by atoms with Gasteiger partial charge < -0.3 is 5.73 Å². The van der Waals surface area contributed by atoms with Gasteiger partial charge in [-0.3, -0.25) is 0 Å². The first-order valence-corrected chi connectivity index (χ1v) is 7.08. The van der Waals surface area contributed by atoms with E-state index in [0.29, 0.717) is 11.5 Å². The van der Waals surface area contributed by atoms with E-state index in [2.05, 4.69) is 55.0 Å². The number of benzene rings is 1. The highest BCUT2D eigenvalue weighted by Crippen LogP contribution is 2.26. The quantitative estimate of drug-likeness (QED) is 0.726. The minimum absolute atomic E-state index is 0.158. The Morgan fingerprint density at radius 2 is 1.48 bits per heavy atom. The van der Waals surface area contributed by atoms with Crippen LogP contribution in [0.4, 0.5) is 5.82 Å². The van der Waals surface area contributed by atoms with Crippen LogP contribution in [0.3, 0.4) is 0 Å². The maximum absolute atomic E-state index is 5.73. The van der Waals surface area contributed by atoms with E-state index in [1.54, 1.807) is 6.07 Å². The Bertz CT molecular complexity index is 784. The molecule has 2 N–H and O–H groups in total. The van der Waals surface area contributed by atoms with Crippen molar-refractivity contribution in [2.75, 3.05) is 5.73 Å². The monoisotopic (exact) mass is 277 g/mol. The summed E-state index contributed by atoms with van der Waals surface area (Å²) in [7, 11) is 0. The summed E-state index contributed by atoms with van der Waals surface area (Å²) in [6, 6.07) is 16.3. The molecule has 0 amide bonds. The lowest BCUT2D eigenvalue weighted by molar-refractivity contribution is 0.590. The Labute approximate surface area is 124 Å². The fourth-order valence-corrected chi connectivity index (χ4v) is 2.32. The minimum atomic E-state index is 0.158. The van der Waals surface area contributed by atoms with Gasteiger partial charge in [0, 0.05) is 10.9 Å². The number of aromatic nitrogens is 2. The zero-order valence-corrected chi connectivity index (χ0v) is 12.6. The van der Waals surface area contributed by atoms with Gasteiger partial charge >= 0.3 is 0 Å². The van der Waals surface area contributed by atoms with E-state index in [1.807, 2.05) is 18.2 Å². The van der Waals surface area contributed by atoms with Gasteiger partial charge in [0.05, 0.1) is 5.69 Å². The molecule has 1 aromatic carbocycles. The number of hydrogen-bond donors (Lipinski definition) is 1. The number of nitrogens with zero attached hydrogens (tertiary/aromatic N) is 2. The maximum Gasteiger partial charge on any atom is 0.162 e. The van der Waals surface area contributed by atoms with E-state index < -0.39 is 0 Å². The van der Waals surface area contributed by atoms with Crippen LogP contribution in [0.5, 0.6) is 0 Å². The zero-order chi connectivity index (χ0) is 15.0. The molecule has 3 heteroatoms. The molecule has 3 aromatic rings. The van der Waals surface area contributed by atoms with Crippen molar-refractivity contribution in [1.29, 1.82) is 0 Å². The van der Waals surface area contributed by atoms with Crippen molar-refractivity contribution in [3.05, 3.63) is 54.1 Å². The van der Waals surface area contributed by atoms with Crippen molar-refractivity contribution in [1.82, 2.24) is 9.97 Å². The lowest BCUT2D eigenvalue weighted by atomic mass is 9.86. The van der Waals surface area contributed by atoms with Crippen molar-refractivity contribution in [3.8, 4) is 11.3 Å². The van der Waals surface area contributed by atoms with Crippen LogP contribution in [0.2, 0.25) is 0 Å². The van der Waals surface area contributed by atoms with Crippen molar-refractivity contribution in [3.63, 3.8) is 0 Å². The number of fused-ring (bicyclic) bond motifs is 1. The summed E-state index contributed by atoms with van der Waals surface area (Å²) in [5, 5.41) is 0.999. The van der Waals surface area contributed by atoms with Crippen LogP contribution in [0.25, 0.3) is 22.3 Å². The van der Waals surface area contributed by atoms with Gasteiger partial charge in [-0.15, -0.1) is 0 Å². The predicted molar refractivity (Wildman–Crippen MR) is 88.1 cm³/mol. The highest BCUT2D eigenvalue weighted by atomic mass is 14.9. The molecule has 0 aliphatic heterocycles. The summed E-state index contributed by atoms with van der Waals surface area (Å²) in [5.74, 6) is 0.496. The second-order valence-corrected chi connectivity index (χ2v) is 6.31. The molecule has 3 nitrogen and oxygen atoms in total. The second-order valence-electron chi connectivity index (χ2n) is 6.31. The highest BCUT2D eigenvalue weighted by molar-refractivity contribution is 5.79. The Morgan fingerprint density at radius 3 is 2.14 bits per heavy atom. The molecule has 2 heterocycles. The molecule has 106 valence electrons. The van der Waals surface area contributed by atoms with E-state index in [1.165, 1.54) is 5.56 Å². The number of nitrogen functional groups attached to an aromatic ring is 1. The average molecular weight is 277 g/mol. The molecule has 0 fully saturated rings. The fourth-order valence-electron chi connectivity index (χ4n) is 2.32. The van der Waals surface area contributed by atoms with Crippen molar-refractivity contribution >= 4 is 16.9 Å². The number of nitrogens with two attached hydrogens (primary N) is 1. The van der Waals surface area contributed by atoms with E-state index in [0.717, 1.165) is 16.6 Å². The number of pyridine rings is 2. The third kappa shape index (κ3) is 2.72. The molecule has 0 unspecified atom stereocenters. The molecule has 0 aliphatic rings. The van der Waals surface area contributed by atoms with Crippen LogP contribution in [0.1, 0.15) is 26.3 Å². The molecule has 2 aromatic heterocycles. The van der Waals surface area contributed by atoms with Gasteiger partial charge in [0.25, 0.3) is 0 Å². The van der Waals surface area contributed by atoms with E-state index in [4.69, 9.17) is 5.73 Å². The summed E-state index contributed by atoms with van der Waals surface area (Å²) in [6.07, 6.45) is 0. The smallest absolute Gasteiger partial charge is 0.162 e. The molecule has 0 atom stereocenters. The molecule has 0 spiro atoms. The highest BCUT2D eigenvalue weighted by Gasteiger charge is 2.13. The number of rotatable bonds is 1. The first-order valence-electron chi connectivity index (χ1n) is 7.08. The second kappa shape index (κ2) is 4.85. The van der Waals surface area contributed by atoms with Crippen molar-refractivity contribution < 1.29 is 0 Å². The van der Waals surface area contributed by atoms with Crippen LogP contribution >= 0.6 is 0 Å². The van der Waals surface area contributed by atoms with Crippen molar-refractivity contribution in [2.45, 2.75) is 26.2 Å². The minimum Gasteiger partial charge on any atom is -0.384 e. The molecule has 0 radical (unpaired) electrons. The van der Waals surface area contributed by atoms with Crippen LogP contribution < -0.4 is 5.73 Å². The van der Waals surface area contributed by atoms with Crippen LogP contribution in [0.15, 0.2) is 48.5 Å². The zero-order valence-electron chi connectivity index (χ0n) is 12.6. The predicted octanol–water partition coefficient (Wildman–Crippen LogP) is 4.18.